The predicted molar refractivity (Wildman–Crippen MR) is 114 cm³/mol. The van der Waals surface area contributed by atoms with Crippen LogP contribution in [0.4, 0.5) is 10.2 Å². The molecule has 154 valence electrons. The molecule has 6 nitrogen and oxygen atoms in total. The third-order valence-electron chi connectivity index (χ3n) is 4.57. The highest BCUT2D eigenvalue weighted by Crippen LogP contribution is 2.18. The van der Waals surface area contributed by atoms with Gasteiger partial charge in [0.15, 0.2) is 0 Å². The minimum atomic E-state index is -0.328. The van der Waals surface area contributed by atoms with Crippen LogP contribution in [0, 0.1) is 24.1 Å². The lowest BCUT2D eigenvalue weighted by atomic mass is 10.1. The normalized spacial score (nSPS) is 10.8. The fourth-order valence-corrected chi connectivity index (χ4v) is 3.23. The quantitative estimate of drug-likeness (QED) is 0.614. The van der Waals surface area contributed by atoms with Gasteiger partial charge in [0.1, 0.15) is 11.6 Å². The van der Waals surface area contributed by atoms with Crippen molar-refractivity contribution in [3.05, 3.63) is 77.2 Å². The summed E-state index contributed by atoms with van der Waals surface area (Å²) in [7, 11) is 0. The van der Waals surface area contributed by atoms with Gasteiger partial charge in [0.25, 0.3) is 0 Å². The van der Waals surface area contributed by atoms with Crippen LogP contribution in [0.15, 0.2) is 54.6 Å². The van der Waals surface area contributed by atoms with Crippen LogP contribution in [0.25, 0.3) is 5.69 Å². The molecule has 0 radical (unpaired) electrons. The van der Waals surface area contributed by atoms with Gasteiger partial charge in [0.05, 0.1) is 29.6 Å². The summed E-state index contributed by atoms with van der Waals surface area (Å²) in [6.45, 7) is 5.51. The summed E-state index contributed by atoms with van der Waals surface area (Å²) in [4.78, 5) is 14.8. The zero-order valence-electron chi connectivity index (χ0n) is 17.1. The Balaban J connectivity index is 1.70. The minimum absolute atomic E-state index is 0.152. The van der Waals surface area contributed by atoms with E-state index in [9.17, 15) is 9.18 Å². The molecule has 0 aliphatic rings. The van der Waals surface area contributed by atoms with Crippen molar-refractivity contribution in [3.63, 3.8) is 0 Å². The van der Waals surface area contributed by atoms with Crippen molar-refractivity contribution in [1.29, 1.82) is 5.26 Å². The van der Waals surface area contributed by atoms with E-state index in [1.54, 1.807) is 35.0 Å². The molecule has 0 fully saturated rings. The summed E-state index contributed by atoms with van der Waals surface area (Å²) in [6, 6.07) is 17.2. The Morgan fingerprint density at radius 3 is 2.53 bits per heavy atom. The van der Waals surface area contributed by atoms with Gasteiger partial charge in [0.2, 0.25) is 5.91 Å². The first-order valence-electron chi connectivity index (χ1n) is 9.82. The van der Waals surface area contributed by atoms with Gasteiger partial charge in [-0.1, -0.05) is 19.1 Å². The van der Waals surface area contributed by atoms with Crippen LogP contribution < -0.4 is 5.32 Å². The number of amides is 1. The number of nitriles is 1. The summed E-state index contributed by atoms with van der Waals surface area (Å²) in [5.41, 5.74) is 3.07. The molecule has 0 atom stereocenters. The Kier molecular flexibility index (Phi) is 6.94. The van der Waals surface area contributed by atoms with E-state index in [1.807, 2.05) is 19.1 Å². The van der Waals surface area contributed by atoms with Crippen LogP contribution in [-0.4, -0.2) is 33.7 Å². The maximum absolute atomic E-state index is 13.2. The van der Waals surface area contributed by atoms with Crippen molar-refractivity contribution in [2.45, 2.75) is 26.8 Å². The SMILES string of the molecule is CCCN(CC(=O)Nc1cc(C)nn1-c1ccc(F)cc1)Cc1ccc(C#N)cc1. The first-order chi connectivity index (χ1) is 14.5. The number of carbonyl (C=O) groups excluding carboxylic acids is 1. The van der Waals surface area contributed by atoms with E-state index in [2.05, 4.69) is 28.3 Å². The summed E-state index contributed by atoms with van der Waals surface area (Å²) < 4.78 is 14.8. The molecule has 3 aromatic rings. The number of carbonyl (C=O) groups is 1. The molecule has 1 aromatic heterocycles. The van der Waals surface area contributed by atoms with Gasteiger partial charge in [0, 0.05) is 12.6 Å². The summed E-state index contributed by atoms with van der Waals surface area (Å²) in [5.74, 6) is 0.0607. The van der Waals surface area contributed by atoms with Gasteiger partial charge >= 0.3 is 0 Å². The lowest BCUT2D eigenvalue weighted by Crippen LogP contribution is -2.33. The molecule has 7 heteroatoms. The maximum Gasteiger partial charge on any atom is 0.239 e. The summed E-state index contributed by atoms with van der Waals surface area (Å²) in [5, 5.41) is 16.3. The van der Waals surface area contributed by atoms with E-state index in [4.69, 9.17) is 5.26 Å². The number of nitrogens with one attached hydrogen (secondary N) is 1. The van der Waals surface area contributed by atoms with Crippen molar-refractivity contribution >= 4 is 11.7 Å². The van der Waals surface area contributed by atoms with E-state index < -0.39 is 0 Å². The third-order valence-corrected chi connectivity index (χ3v) is 4.57. The lowest BCUT2D eigenvalue weighted by Gasteiger charge is -2.21. The Morgan fingerprint density at radius 2 is 1.90 bits per heavy atom. The fraction of sp³-hybridized carbons (Fsp3) is 0.261. The van der Waals surface area contributed by atoms with Crippen LogP contribution in [0.2, 0.25) is 0 Å². The molecule has 3 rings (SSSR count). The van der Waals surface area contributed by atoms with Crippen molar-refractivity contribution in [2.24, 2.45) is 0 Å². The lowest BCUT2D eigenvalue weighted by molar-refractivity contribution is -0.117. The van der Waals surface area contributed by atoms with Gasteiger partial charge in [-0.25, -0.2) is 9.07 Å². The monoisotopic (exact) mass is 405 g/mol. The predicted octanol–water partition coefficient (Wildman–Crippen LogP) is 4.04. The van der Waals surface area contributed by atoms with Gasteiger partial charge in [-0.3, -0.25) is 9.69 Å². The molecule has 30 heavy (non-hydrogen) atoms. The molecule has 0 unspecified atom stereocenters. The molecule has 1 heterocycles. The molecular weight excluding hydrogens is 381 g/mol. The average Bonchev–Trinajstić information content (AvgIpc) is 3.09. The van der Waals surface area contributed by atoms with Crippen molar-refractivity contribution in [2.75, 3.05) is 18.4 Å². The van der Waals surface area contributed by atoms with Crippen LogP contribution in [0.5, 0.6) is 0 Å². The zero-order chi connectivity index (χ0) is 21.5. The van der Waals surface area contributed by atoms with E-state index in [0.29, 0.717) is 23.6 Å². The van der Waals surface area contributed by atoms with Gasteiger partial charge in [-0.2, -0.15) is 10.4 Å². The standard InChI is InChI=1S/C23H24FN5O/c1-3-12-28(15-19-6-4-18(14-25)5-7-19)16-23(30)26-22-13-17(2)27-29(22)21-10-8-20(24)9-11-21/h4-11,13H,3,12,15-16H2,1-2H3,(H,26,30). The smallest absolute Gasteiger partial charge is 0.239 e. The molecule has 1 N–H and O–H groups in total. The largest absolute Gasteiger partial charge is 0.309 e. The fourth-order valence-electron chi connectivity index (χ4n) is 3.23. The third kappa shape index (κ3) is 5.52. The van der Waals surface area contributed by atoms with Crippen molar-refractivity contribution < 1.29 is 9.18 Å². The first kappa shape index (κ1) is 21.2. The number of anilines is 1. The van der Waals surface area contributed by atoms with Crippen molar-refractivity contribution in [3.8, 4) is 11.8 Å². The van der Waals surface area contributed by atoms with Crippen LogP contribution in [-0.2, 0) is 11.3 Å². The number of aryl methyl sites for hydroxylation is 1. The topological polar surface area (TPSA) is 74.0 Å². The van der Waals surface area contributed by atoms with Gasteiger partial charge in [-0.05, 0) is 61.9 Å². The number of nitrogens with zero attached hydrogens (tertiary/aromatic N) is 4. The molecule has 0 aliphatic heterocycles. The van der Waals surface area contributed by atoms with Gasteiger partial charge < -0.3 is 5.32 Å². The minimum Gasteiger partial charge on any atom is -0.309 e. The van der Waals surface area contributed by atoms with E-state index in [-0.39, 0.29) is 18.3 Å². The second-order valence-electron chi connectivity index (χ2n) is 7.13. The highest BCUT2D eigenvalue weighted by atomic mass is 19.1. The summed E-state index contributed by atoms with van der Waals surface area (Å²) >= 11 is 0. The Morgan fingerprint density at radius 1 is 1.20 bits per heavy atom. The van der Waals surface area contributed by atoms with Gasteiger partial charge in [-0.15, -0.1) is 0 Å². The van der Waals surface area contributed by atoms with E-state index >= 15 is 0 Å². The van der Waals surface area contributed by atoms with E-state index in [1.165, 1.54) is 12.1 Å². The molecule has 0 saturated heterocycles. The van der Waals surface area contributed by atoms with Crippen LogP contribution >= 0.6 is 0 Å². The number of benzene rings is 2. The number of hydrogen-bond acceptors (Lipinski definition) is 4. The molecule has 2 aromatic carbocycles. The zero-order valence-corrected chi connectivity index (χ0v) is 17.1. The molecule has 0 spiro atoms. The molecule has 0 saturated carbocycles. The Labute approximate surface area is 175 Å². The molecule has 0 aliphatic carbocycles. The summed E-state index contributed by atoms with van der Waals surface area (Å²) in [6.07, 6.45) is 0.913. The highest BCUT2D eigenvalue weighted by Gasteiger charge is 2.15. The number of hydrogen-bond donors (Lipinski definition) is 1. The van der Waals surface area contributed by atoms with Crippen LogP contribution in [0.3, 0.4) is 0 Å². The number of aromatic nitrogens is 2. The molecule has 0 bridgehead atoms. The number of halogens is 1. The van der Waals surface area contributed by atoms with E-state index in [0.717, 1.165) is 24.2 Å². The average molecular weight is 405 g/mol. The second-order valence-corrected chi connectivity index (χ2v) is 7.13. The number of rotatable bonds is 8. The van der Waals surface area contributed by atoms with Crippen LogP contribution in [0.1, 0.15) is 30.2 Å². The molecule has 1 amide bonds. The van der Waals surface area contributed by atoms with Crippen molar-refractivity contribution in [1.82, 2.24) is 14.7 Å². The Hall–Kier alpha value is -3.50. The molecular formula is C23H24FN5O. The maximum atomic E-state index is 13.2. The Bertz CT molecular complexity index is 1030. The first-order valence-corrected chi connectivity index (χ1v) is 9.82. The highest BCUT2D eigenvalue weighted by molar-refractivity contribution is 5.91. The second kappa shape index (κ2) is 9.81.